The maximum atomic E-state index is 6.42. The zero-order valence-corrected chi connectivity index (χ0v) is 31.5. The number of nitrogens with zero attached hydrogens (tertiary/aromatic N) is 4. The zero-order chi connectivity index (χ0) is 33.0. The molecule has 4 aromatic carbocycles. The number of para-hydroxylation sites is 1. The minimum absolute atomic E-state index is 0. The Morgan fingerprint density at radius 2 is 1.57 bits per heavy atom. The number of hydrogen-bond donors (Lipinski definition) is 0. The maximum Gasteiger partial charge on any atom is 2.00 e. The Bertz CT molecular complexity index is 2190. The van der Waals surface area contributed by atoms with Crippen LogP contribution >= 0.6 is 11.8 Å². The number of hydrogen-bond acceptors (Lipinski definition) is 4. The number of thioether (sulfide) groups is 1. The van der Waals surface area contributed by atoms with Gasteiger partial charge in [0.1, 0.15) is 5.82 Å². The van der Waals surface area contributed by atoms with Crippen molar-refractivity contribution in [2.24, 2.45) is 0 Å². The van der Waals surface area contributed by atoms with Gasteiger partial charge in [0.15, 0.2) is 0 Å². The third kappa shape index (κ3) is 7.27. The van der Waals surface area contributed by atoms with Gasteiger partial charge in [-0.2, -0.15) is 17.2 Å². The van der Waals surface area contributed by atoms with Crippen LogP contribution in [0.15, 0.2) is 102 Å². The molecule has 0 spiro atoms. The van der Waals surface area contributed by atoms with Crippen molar-refractivity contribution in [2.45, 2.75) is 64.2 Å². The Balaban J connectivity index is 0.00000417. The van der Waals surface area contributed by atoms with Crippen LogP contribution in [0.25, 0.3) is 44.4 Å². The van der Waals surface area contributed by atoms with E-state index in [9.17, 15) is 0 Å². The number of rotatable bonds is 12. The summed E-state index contributed by atoms with van der Waals surface area (Å²) in [5.41, 5.74) is 9.49. The van der Waals surface area contributed by atoms with Gasteiger partial charge in [0, 0.05) is 39.9 Å². The van der Waals surface area contributed by atoms with Crippen LogP contribution in [0.5, 0.6) is 11.5 Å². The second-order valence-electron chi connectivity index (χ2n) is 12.3. The largest absolute Gasteiger partial charge is 2.00 e. The molecule has 0 amide bonds. The molecule has 0 saturated heterocycles. The third-order valence-electron chi connectivity index (χ3n) is 8.87. The Hall–Kier alpha value is -4.12. The first-order chi connectivity index (χ1) is 23.6. The van der Waals surface area contributed by atoms with Gasteiger partial charge >= 0.3 is 21.1 Å². The monoisotopic (exact) mass is 843 g/mol. The fraction of sp³-hybridized carbons (Fsp3) is 0.238. The van der Waals surface area contributed by atoms with Crippen LogP contribution in [-0.4, -0.2) is 25.6 Å². The second kappa shape index (κ2) is 15.6. The quantitative estimate of drug-likeness (QED) is 0.0908. The normalized spacial score (nSPS) is 11.3. The van der Waals surface area contributed by atoms with Gasteiger partial charge in [-0.3, -0.25) is 4.68 Å². The molecular weight excluding hydrogens is 804 g/mol. The molecule has 5 nitrogen and oxygen atoms in total. The smallest absolute Gasteiger partial charge is 0.509 e. The molecule has 7 aromatic rings. The van der Waals surface area contributed by atoms with E-state index >= 15 is 0 Å². The van der Waals surface area contributed by atoms with E-state index in [0.29, 0.717) is 11.5 Å². The number of ether oxygens (including phenoxy) is 1. The van der Waals surface area contributed by atoms with Crippen molar-refractivity contribution in [1.29, 1.82) is 0 Å². The SMILES string of the molecule is CCCCc1cc(C)cc(CCCC)c1-c1cnn(-c2[c-]c(Oc3[c-]c4c(cc3)c3ccccc3n4-c3cc(SC)ccn3)ccc2)c1.[Pt+2]. The molecule has 0 N–H and O–H groups in total. The van der Waals surface area contributed by atoms with E-state index in [1.807, 2.05) is 47.4 Å². The fourth-order valence-electron chi connectivity index (χ4n) is 6.59. The number of fused-ring (bicyclic) bond motifs is 3. The van der Waals surface area contributed by atoms with Crippen molar-refractivity contribution < 1.29 is 25.8 Å². The average Bonchev–Trinajstić information content (AvgIpc) is 3.73. The Morgan fingerprint density at radius 3 is 2.33 bits per heavy atom. The summed E-state index contributed by atoms with van der Waals surface area (Å²) in [6.07, 6.45) is 14.9. The van der Waals surface area contributed by atoms with Crippen LogP contribution in [0.3, 0.4) is 0 Å². The molecule has 3 aromatic heterocycles. The molecule has 0 saturated carbocycles. The first kappa shape index (κ1) is 34.7. The van der Waals surface area contributed by atoms with Crippen molar-refractivity contribution >= 4 is 33.6 Å². The van der Waals surface area contributed by atoms with Crippen LogP contribution < -0.4 is 4.74 Å². The average molecular weight is 844 g/mol. The standard InChI is InChI=1S/C42H40N4OS.Pt/c1-5-7-12-30-22-29(3)23-31(13-8-6-2)42(30)32-27-44-45(28-32)33-14-11-15-34(24-33)47-35-18-19-38-37-16-9-10-17-39(37)46(40(38)25-35)41-26-36(48-4)20-21-43-41;/h9-11,14-23,26-28H,5-8,12-13H2,1-4H3;/q-2;+2. The molecule has 0 aliphatic carbocycles. The third-order valence-corrected chi connectivity index (χ3v) is 9.60. The van der Waals surface area contributed by atoms with Crippen molar-refractivity contribution in [2.75, 3.05) is 6.26 Å². The van der Waals surface area contributed by atoms with Gasteiger partial charge < -0.3 is 9.30 Å². The first-order valence-electron chi connectivity index (χ1n) is 16.9. The number of aryl methyl sites for hydroxylation is 3. The number of unbranched alkanes of at least 4 members (excludes halogenated alkanes) is 2. The molecule has 0 unspecified atom stereocenters. The van der Waals surface area contributed by atoms with E-state index in [0.717, 1.165) is 56.6 Å². The molecule has 0 bridgehead atoms. The van der Waals surface area contributed by atoms with Gasteiger partial charge in [-0.05, 0) is 84.8 Å². The Labute approximate surface area is 308 Å². The minimum Gasteiger partial charge on any atom is -0.509 e. The summed E-state index contributed by atoms with van der Waals surface area (Å²) >= 11 is 1.70. The molecule has 49 heavy (non-hydrogen) atoms. The molecule has 250 valence electrons. The van der Waals surface area contributed by atoms with Gasteiger partial charge in [0.2, 0.25) is 0 Å². The van der Waals surface area contributed by atoms with Crippen LogP contribution in [-0.2, 0) is 33.9 Å². The molecular formula is C42H40N4OPtS. The van der Waals surface area contributed by atoms with Crippen molar-refractivity contribution in [3.05, 3.63) is 126 Å². The van der Waals surface area contributed by atoms with Crippen LogP contribution in [0, 0.1) is 19.1 Å². The molecule has 0 aliphatic rings. The number of aromatic nitrogens is 4. The summed E-state index contributed by atoms with van der Waals surface area (Å²) in [6, 6.07) is 34.3. The molecule has 0 fully saturated rings. The minimum atomic E-state index is 0. The Morgan fingerprint density at radius 1 is 0.816 bits per heavy atom. The predicted octanol–water partition coefficient (Wildman–Crippen LogP) is 11.1. The van der Waals surface area contributed by atoms with E-state index in [1.54, 1.807) is 11.8 Å². The number of benzene rings is 4. The molecule has 7 rings (SSSR count). The van der Waals surface area contributed by atoms with Crippen molar-refractivity contribution in [1.82, 2.24) is 19.3 Å². The van der Waals surface area contributed by atoms with E-state index < -0.39 is 0 Å². The summed E-state index contributed by atoms with van der Waals surface area (Å²) in [5, 5.41) is 7.06. The van der Waals surface area contributed by atoms with Crippen LogP contribution in [0.4, 0.5) is 0 Å². The zero-order valence-electron chi connectivity index (χ0n) is 28.4. The maximum absolute atomic E-state index is 6.42. The summed E-state index contributed by atoms with van der Waals surface area (Å²) < 4.78 is 10.5. The predicted molar refractivity (Wildman–Crippen MR) is 199 cm³/mol. The summed E-state index contributed by atoms with van der Waals surface area (Å²) in [6.45, 7) is 6.73. The van der Waals surface area contributed by atoms with Gasteiger partial charge in [0.25, 0.3) is 0 Å². The first-order valence-corrected chi connectivity index (χ1v) is 18.1. The summed E-state index contributed by atoms with van der Waals surface area (Å²) in [4.78, 5) is 5.89. The molecule has 0 radical (unpaired) electrons. The number of pyridine rings is 1. The van der Waals surface area contributed by atoms with Gasteiger partial charge in [-0.1, -0.05) is 68.1 Å². The fourth-order valence-corrected chi connectivity index (χ4v) is 7.01. The molecule has 0 aliphatic heterocycles. The van der Waals surface area contributed by atoms with Crippen LogP contribution in [0.2, 0.25) is 0 Å². The van der Waals surface area contributed by atoms with E-state index in [4.69, 9.17) is 14.8 Å². The van der Waals surface area contributed by atoms with E-state index in [-0.39, 0.29) is 21.1 Å². The van der Waals surface area contributed by atoms with E-state index in [1.165, 1.54) is 47.9 Å². The van der Waals surface area contributed by atoms with Crippen LogP contribution in [0.1, 0.15) is 56.2 Å². The van der Waals surface area contributed by atoms with Crippen molar-refractivity contribution in [3.8, 4) is 34.1 Å². The summed E-state index contributed by atoms with van der Waals surface area (Å²) in [5.74, 6) is 2.07. The Kier molecular flexibility index (Phi) is 11.1. The topological polar surface area (TPSA) is 44.9 Å². The molecule has 7 heteroatoms. The van der Waals surface area contributed by atoms with Crippen molar-refractivity contribution in [3.63, 3.8) is 0 Å². The molecule has 3 heterocycles. The molecule has 0 atom stereocenters. The van der Waals surface area contributed by atoms with E-state index in [2.05, 4.69) is 98.5 Å². The summed E-state index contributed by atoms with van der Waals surface area (Å²) in [7, 11) is 0. The second-order valence-corrected chi connectivity index (χ2v) is 13.2. The van der Waals surface area contributed by atoms with Gasteiger partial charge in [-0.25, -0.2) is 4.98 Å². The van der Waals surface area contributed by atoms with Gasteiger partial charge in [-0.15, -0.1) is 47.5 Å². The van der Waals surface area contributed by atoms with Gasteiger partial charge in [0.05, 0.1) is 6.20 Å².